The van der Waals surface area contributed by atoms with Crippen molar-refractivity contribution in [2.45, 2.75) is 19.4 Å². The molecule has 0 atom stereocenters. The molecule has 0 heterocycles. The standard InChI is InChI=1S/C14H23Cl2N3/c1-19(8-2-6-17)9-3-7-18-11-12-4-5-13(15)10-14(12)16/h4-5,10,18H,2-3,6-9,11,17H2,1H3. The monoisotopic (exact) mass is 303 g/mol. The van der Waals surface area contributed by atoms with E-state index in [0.717, 1.165) is 56.2 Å². The van der Waals surface area contributed by atoms with Gasteiger partial charge in [-0.1, -0.05) is 29.3 Å². The maximum atomic E-state index is 6.11. The van der Waals surface area contributed by atoms with Gasteiger partial charge in [0, 0.05) is 16.6 Å². The summed E-state index contributed by atoms with van der Waals surface area (Å²) in [6.07, 6.45) is 2.18. The van der Waals surface area contributed by atoms with E-state index in [4.69, 9.17) is 28.9 Å². The molecule has 0 aliphatic heterocycles. The Bertz CT molecular complexity index is 372. The molecule has 3 nitrogen and oxygen atoms in total. The molecule has 0 saturated heterocycles. The fourth-order valence-electron chi connectivity index (χ4n) is 1.84. The third-order valence-corrected chi connectivity index (χ3v) is 3.55. The molecule has 0 fully saturated rings. The number of nitrogens with two attached hydrogens (primary N) is 1. The van der Waals surface area contributed by atoms with Crippen molar-refractivity contribution in [2.24, 2.45) is 5.73 Å². The first-order valence-corrected chi connectivity index (χ1v) is 7.42. The molecular weight excluding hydrogens is 281 g/mol. The lowest BCUT2D eigenvalue weighted by Crippen LogP contribution is -2.26. The number of hydrogen-bond acceptors (Lipinski definition) is 3. The lowest BCUT2D eigenvalue weighted by molar-refractivity contribution is 0.324. The first kappa shape index (κ1) is 16.7. The molecule has 0 amide bonds. The summed E-state index contributed by atoms with van der Waals surface area (Å²) >= 11 is 12.0. The fraction of sp³-hybridized carbons (Fsp3) is 0.571. The summed E-state index contributed by atoms with van der Waals surface area (Å²) in [6, 6.07) is 5.61. The van der Waals surface area contributed by atoms with E-state index in [9.17, 15) is 0 Å². The van der Waals surface area contributed by atoms with Crippen molar-refractivity contribution in [3.63, 3.8) is 0 Å². The third-order valence-electron chi connectivity index (χ3n) is 2.97. The van der Waals surface area contributed by atoms with Crippen LogP contribution in [0.15, 0.2) is 18.2 Å². The van der Waals surface area contributed by atoms with Crippen molar-refractivity contribution in [3.05, 3.63) is 33.8 Å². The Morgan fingerprint density at radius 2 is 1.95 bits per heavy atom. The van der Waals surface area contributed by atoms with Crippen LogP contribution >= 0.6 is 23.2 Å². The van der Waals surface area contributed by atoms with Gasteiger partial charge in [-0.05, 0) is 63.8 Å². The molecule has 1 rings (SSSR count). The average molecular weight is 304 g/mol. The highest BCUT2D eigenvalue weighted by molar-refractivity contribution is 6.35. The number of hydrogen-bond donors (Lipinski definition) is 2. The van der Waals surface area contributed by atoms with Gasteiger partial charge >= 0.3 is 0 Å². The van der Waals surface area contributed by atoms with Crippen LogP contribution in [0.3, 0.4) is 0 Å². The molecule has 0 unspecified atom stereocenters. The zero-order valence-corrected chi connectivity index (χ0v) is 13.0. The van der Waals surface area contributed by atoms with Gasteiger partial charge in [0.05, 0.1) is 0 Å². The van der Waals surface area contributed by atoms with Crippen LogP contribution in [-0.2, 0) is 6.54 Å². The Labute approximate surface area is 126 Å². The zero-order chi connectivity index (χ0) is 14.1. The Morgan fingerprint density at radius 3 is 2.63 bits per heavy atom. The molecule has 0 aromatic heterocycles. The van der Waals surface area contributed by atoms with E-state index in [-0.39, 0.29) is 0 Å². The Morgan fingerprint density at radius 1 is 1.21 bits per heavy atom. The highest BCUT2D eigenvalue weighted by atomic mass is 35.5. The zero-order valence-electron chi connectivity index (χ0n) is 11.5. The molecule has 19 heavy (non-hydrogen) atoms. The van der Waals surface area contributed by atoms with Crippen molar-refractivity contribution in [3.8, 4) is 0 Å². The maximum absolute atomic E-state index is 6.11. The number of rotatable bonds is 9. The first-order chi connectivity index (χ1) is 9.13. The molecule has 5 heteroatoms. The van der Waals surface area contributed by atoms with E-state index in [1.165, 1.54) is 0 Å². The summed E-state index contributed by atoms with van der Waals surface area (Å²) in [5.41, 5.74) is 6.57. The molecule has 0 spiro atoms. The van der Waals surface area contributed by atoms with Crippen molar-refractivity contribution >= 4 is 23.2 Å². The Hall–Kier alpha value is -0.320. The predicted octanol–water partition coefficient (Wildman–Crippen LogP) is 2.75. The summed E-state index contributed by atoms with van der Waals surface area (Å²) < 4.78 is 0. The van der Waals surface area contributed by atoms with Crippen LogP contribution in [-0.4, -0.2) is 38.1 Å². The second kappa shape index (κ2) is 9.56. The predicted molar refractivity (Wildman–Crippen MR) is 84.0 cm³/mol. The molecule has 0 radical (unpaired) electrons. The summed E-state index contributed by atoms with van der Waals surface area (Å²) in [5, 5.41) is 4.79. The Balaban J connectivity index is 2.13. The second-order valence-corrected chi connectivity index (χ2v) is 5.56. The molecule has 0 aliphatic rings. The van der Waals surface area contributed by atoms with E-state index in [1.807, 2.05) is 12.1 Å². The minimum atomic E-state index is 0.676. The highest BCUT2D eigenvalue weighted by Gasteiger charge is 2.01. The lowest BCUT2D eigenvalue weighted by Gasteiger charge is -2.16. The molecular formula is C14H23Cl2N3. The molecule has 1 aromatic rings. The van der Waals surface area contributed by atoms with Crippen molar-refractivity contribution < 1.29 is 0 Å². The molecule has 108 valence electrons. The van der Waals surface area contributed by atoms with Gasteiger partial charge in [-0.3, -0.25) is 0 Å². The van der Waals surface area contributed by atoms with E-state index in [1.54, 1.807) is 6.07 Å². The molecule has 1 aromatic carbocycles. The molecule has 3 N–H and O–H groups in total. The van der Waals surface area contributed by atoms with Crippen LogP contribution in [0, 0.1) is 0 Å². The van der Waals surface area contributed by atoms with Gasteiger partial charge in [0.1, 0.15) is 0 Å². The maximum Gasteiger partial charge on any atom is 0.0465 e. The SMILES string of the molecule is CN(CCCN)CCCNCc1ccc(Cl)cc1Cl. The Kier molecular flexibility index (Phi) is 8.42. The van der Waals surface area contributed by atoms with Crippen LogP contribution in [0.25, 0.3) is 0 Å². The number of nitrogens with zero attached hydrogens (tertiary/aromatic N) is 1. The smallest absolute Gasteiger partial charge is 0.0465 e. The van der Waals surface area contributed by atoms with Gasteiger partial charge in [-0.2, -0.15) is 0 Å². The van der Waals surface area contributed by atoms with Gasteiger partial charge in [0.25, 0.3) is 0 Å². The van der Waals surface area contributed by atoms with Crippen molar-refractivity contribution in [2.75, 3.05) is 33.2 Å². The van der Waals surface area contributed by atoms with E-state index < -0.39 is 0 Å². The summed E-state index contributed by atoms with van der Waals surface area (Å²) in [5.74, 6) is 0. The molecule has 0 bridgehead atoms. The molecule has 0 saturated carbocycles. The van der Waals surface area contributed by atoms with Crippen molar-refractivity contribution in [1.29, 1.82) is 0 Å². The van der Waals surface area contributed by atoms with Crippen LogP contribution in [0.4, 0.5) is 0 Å². The number of halogens is 2. The van der Waals surface area contributed by atoms with Crippen LogP contribution < -0.4 is 11.1 Å². The average Bonchev–Trinajstić information content (AvgIpc) is 2.38. The summed E-state index contributed by atoms with van der Waals surface area (Å²) in [7, 11) is 2.13. The van der Waals surface area contributed by atoms with Gasteiger partial charge < -0.3 is 16.0 Å². The van der Waals surface area contributed by atoms with Crippen LogP contribution in [0.2, 0.25) is 10.0 Å². The van der Waals surface area contributed by atoms with Crippen molar-refractivity contribution in [1.82, 2.24) is 10.2 Å². The topological polar surface area (TPSA) is 41.3 Å². The molecule has 0 aliphatic carbocycles. The largest absolute Gasteiger partial charge is 0.330 e. The normalized spacial score (nSPS) is 11.2. The minimum Gasteiger partial charge on any atom is -0.330 e. The van der Waals surface area contributed by atoms with E-state index in [0.29, 0.717) is 5.02 Å². The number of nitrogens with one attached hydrogen (secondary N) is 1. The van der Waals surface area contributed by atoms with E-state index >= 15 is 0 Å². The van der Waals surface area contributed by atoms with Crippen LogP contribution in [0.5, 0.6) is 0 Å². The first-order valence-electron chi connectivity index (χ1n) is 6.66. The van der Waals surface area contributed by atoms with Gasteiger partial charge in [-0.15, -0.1) is 0 Å². The second-order valence-electron chi connectivity index (χ2n) is 4.71. The summed E-state index contributed by atoms with van der Waals surface area (Å²) in [6.45, 7) is 4.67. The highest BCUT2D eigenvalue weighted by Crippen LogP contribution is 2.20. The number of benzene rings is 1. The fourth-order valence-corrected chi connectivity index (χ4v) is 2.31. The lowest BCUT2D eigenvalue weighted by atomic mass is 10.2. The van der Waals surface area contributed by atoms with Gasteiger partial charge in [-0.25, -0.2) is 0 Å². The minimum absolute atomic E-state index is 0.676. The van der Waals surface area contributed by atoms with Gasteiger partial charge in [0.2, 0.25) is 0 Å². The summed E-state index contributed by atoms with van der Waals surface area (Å²) in [4.78, 5) is 2.31. The van der Waals surface area contributed by atoms with Gasteiger partial charge in [0.15, 0.2) is 0 Å². The third kappa shape index (κ3) is 7.14. The quantitative estimate of drug-likeness (QED) is 0.689. The van der Waals surface area contributed by atoms with E-state index in [2.05, 4.69) is 17.3 Å². The van der Waals surface area contributed by atoms with Crippen LogP contribution in [0.1, 0.15) is 18.4 Å².